The lowest BCUT2D eigenvalue weighted by atomic mass is 10.2. The summed E-state index contributed by atoms with van der Waals surface area (Å²) in [4.78, 5) is 32.8. The van der Waals surface area contributed by atoms with Crippen LogP contribution in [-0.4, -0.2) is 76.4 Å². The zero-order valence-electron chi connectivity index (χ0n) is 18.5. The molecule has 1 aliphatic rings. The van der Waals surface area contributed by atoms with E-state index in [-0.39, 0.29) is 23.9 Å². The van der Waals surface area contributed by atoms with Gasteiger partial charge in [0.2, 0.25) is 5.91 Å². The summed E-state index contributed by atoms with van der Waals surface area (Å²) < 4.78 is 13.6. The van der Waals surface area contributed by atoms with Crippen LogP contribution in [0.15, 0.2) is 40.4 Å². The van der Waals surface area contributed by atoms with Crippen molar-refractivity contribution in [1.29, 1.82) is 0 Å². The van der Waals surface area contributed by atoms with Crippen LogP contribution in [-0.2, 0) is 14.3 Å². The second-order valence-electron chi connectivity index (χ2n) is 7.74. The molecule has 0 bridgehead atoms. The maximum absolute atomic E-state index is 13.3. The van der Waals surface area contributed by atoms with Gasteiger partial charge in [-0.25, -0.2) is 9.67 Å². The van der Waals surface area contributed by atoms with E-state index in [1.54, 1.807) is 34.6 Å². The van der Waals surface area contributed by atoms with Crippen LogP contribution in [0.3, 0.4) is 0 Å². The van der Waals surface area contributed by atoms with Crippen molar-refractivity contribution < 1.29 is 14.3 Å². The van der Waals surface area contributed by atoms with E-state index in [2.05, 4.69) is 5.10 Å². The summed E-state index contributed by atoms with van der Waals surface area (Å²) in [7, 11) is 3.21. The first-order chi connectivity index (χ1) is 15.5. The Morgan fingerprint density at radius 2 is 2.00 bits per heavy atom. The average Bonchev–Trinajstić information content (AvgIpc) is 3.39. The number of rotatable bonds is 9. The van der Waals surface area contributed by atoms with E-state index in [1.807, 2.05) is 31.2 Å². The van der Waals surface area contributed by atoms with Crippen molar-refractivity contribution >= 4 is 28.7 Å². The fourth-order valence-electron chi connectivity index (χ4n) is 3.82. The molecule has 9 nitrogen and oxygen atoms in total. The van der Waals surface area contributed by atoms with Gasteiger partial charge in [0.1, 0.15) is 5.39 Å². The minimum atomic E-state index is -0.248. The molecule has 4 rings (SSSR count). The zero-order valence-corrected chi connectivity index (χ0v) is 19.3. The fraction of sp³-hybridized carbons (Fsp3) is 0.455. The Morgan fingerprint density at radius 3 is 2.69 bits per heavy atom. The number of carbonyl (C=O) groups is 1. The molecular weight excluding hydrogens is 430 g/mol. The molecule has 0 fully saturated rings. The van der Waals surface area contributed by atoms with Crippen LogP contribution in [0.4, 0.5) is 0 Å². The van der Waals surface area contributed by atoms with Gasteiger partial charge in [0.15, 0.2) is 10.8 Å². The quantitative estimate of drug-likeness (QED) is 0.454. The lowest BCUT2D eigenvalue weighted by Gasteiger charge is -2.24. The van der Waals surface area contributed by atoms with E-state index < -0.39 is 0 Å². The summed E-state index contributed by atoms with van der Waals surface area (Å²) in [6, 6.07) is 7.65. The molecule has 3 aromatic rings. The van der Waals surface area contributed by atoms with E-state index in [9.17, 15) is 9.59 Å². The van der Waals surface area contributed by atoms with Gasteiger partial charge in [-0.3, -0.25) is 14.2 Å². The van der Waals surface area contributed by atoms with Crippen LogP contribution >= 0.6 is 11.8 Å². The molecule has 0 aliphatic carbocycles. The second kappa shape index (κ2) is 9.85. The standard InChI is InChI=1S/C22H27N5O4S/c1-15-5-4-6-16(11-15)27-20-18(13-23-27)21(29)26-17(14-32-22(26)24-20)12-19(28)25(7-9-30-2)8-10-31-3/h4-6,11,13,17H,7-10,12,14H2,1-3H3. The summed E-state index contributed by atoms with van der Waals surface area (Å²) in [5.74, 6) is 0.598. The fourth-order valence-corrected chi connectivity index (χ4v) is 4.95. The average molecular weight is 458 g/mol. The van der Waals surface area contributed by atoms with E-state index in [1.165, 1.54) is 11.8 Å². The lowest BCUT2D eigenvalue weighted by molar-refractivity contribution is -0.133. The van der Waals surface area contributed by atoms with Crippen LogP contribution < -0.4 is 5.56 Å². The number of methoxy groups -OCH3 is 2. The van der Waals surface area contributed by atoms with Gasteiger partial charge in [0.05, 0.1) is 31.1 Å². The molecule has 170 valence electrons. The Labute approximate surface area is 190 Å². The van der Waals surface area contributed by atoms with E-state index in [0.29, 0.717) is 48.2 Å². The SMILES string of the molecule is COCCN(CCOC)C(=O)CC1CSc2nc3c(cnn3-c3cccc(C)c3)c(=O)n21. The predicted octanol–water partition coefficient (Wildman–Crippen LogP) is 2.05. The maximum atomic E-state index is 13.3. The van der Waals surface area contributed by atoms with Crippen LogP contribution in [0.2, 0.25) is 0 Å². The Morgan fingerprint density at radius 1 is 1.25 bits per heavy atom. The number of aryl methyl sites for hydroxylation is 1. The van der Waals surface area contributed by atoms with Crippen molar-refractivity contribution in [2.45, 2.75) is 24.5 Å². The van der Waals surface area contributed by atoms with Crippen molar-refractivity contribution in [2.75, 3.05) is 46.3 Å². The third-order valence-corrected chi connectivity index (χ3v) is 6.61. The summed E-state index contributed by atoms with van der Waals surface area (Å²) in [6.07, 6.45) is 1.79. The Hall–Kier alpha value is -2.69. The molecule has 1 unspecified atom stereocenters. The molecule has 1 amide bonds. The first kappa shape index (κ1) is 22.5. The number of carbonyl (C=O) groups excluding carboxylic acids is 1. The van der Waals surface area contributed by atoms with E-state index in [0.717, 1.165) is 11.3 Å². The van der Waals surface area contributed by atoms with Crippen LogP contribution in [0.25, 0.3) is 16.7 Å². The van der Waals surface area contributed by atoms with Crippen molar-refractivity contribution in [3.63, 3.8) is 0 Å². The van der Waals surface area contributed by atoms with E-state index >= 15 is 0 Å². The highest BCUT2D eigenvalue weighted by Gasteiger charge is 2.30. The smallest absolute Gasteiger partial charge is 0.265 e. The summed E-state index contributed by atoms with van der Waals surface area (Å²) in [5, 5.41) is 5.49. The second-order valence-corrected chi connectivity index (χ2v) is 8.72. The summed E-state index contributed by atoms with van der Waals surface area (Å²) in [5.41, 5.74) is 2.34. The van der Waals surface area contributed by atoms with Crippen LogP contribution in [0.1, 0.15) is 18.0 Å². The number of benzene rings is 1. The lowest BCUT2D eigenvalue weighted by Crippen LogP contribution is -2.38. The number of hydrogen-bond acceptors (Lipinski definition) is 7. The number of fused-ring (bicyclic) bond motifs is 2. The van der Waals surface area contributed by atoms with Gasteiger partial charge >= 0.3 is 0 Å². The first-order valence-corrected chi connectivity index (χ1v) is 11.5. The molecule has 1 aliphatic heterocycles. The summed E-state index contributed by atoms with van der Waals surface area (Å²) in [6.45, 7) is 3.88. The number of nitrogens with zero attached hydrogens (tertiary/aromatic N) is 5. The van der Waals surface area contributed by atoms with Crippen LogP contribution in [0.5, 0.6) is 0 Å². The topological polar surface area (TPSA) is 91.5 Å². The van der Waals surface area contributed by atoms with Crippen molar-refractivity contribution in [3.8, 4) is 5.69 Å². The molecule has 0 N–H and O–H groups in total. The molecule has 0 saturated carbocycles. The number of ether oxygens (including phenoxy) is 2. The van der Waals surface area contributed by atoms with E-state index in [4.69, 9.17) is 14.5 Å². The molecule has 10 heteroatoms. The molecule has 1 atom stereocenters. The normalized spacial score (nSPS) is 15.3. The van der Waals surface area contributed by atoms with Gasteiger partial charge < -0.3 is 14.4 Å². The largest absolute Gasteiger partial charge is 0.383 e. The minimum absolute atomic E-state index is 0.0278. The van der Waals surface area contributed by atoms with Crippen molar-refractivity contribution in [3.05, 3.63) is 46.4 Å². The molecule has 2 aromatic heterocycles. The summed E-state index contributed by atoms with van der Waals surface area (Å²) >= 11 is 1.50. The van der Waals surface area contributed by atoms with Crippen molar-refractivity contribution in [1.82, 2.24) is 24.2 Å². The molecule has 1 aromatic carbocycles. The molecule has 3 heterocycles. The Kier molecular flexibility index (Phi) is 6.92. The monoisotopic (exact) mass is 457 g/mol. The Balaban J connectivity index is 1.62. The molecule has 32 heavy (non-hydrogen) atoms. The third-order valence-electron chi connectivity index (χ3n) is 5.51. The highest BCUT2D eigenvalue weighted by molar-refractivity contribution is 7.99. The first-order valence-electron chi connectivity index (χ1n) is 10.5. The molecule has 0 radical (unpaired) electrons. The van der Waals surface area contributed by atoms with Gasteiger partial charge in [-0.15, -0.1) is 0 Å². The number of thioether (sulfide) groups is 1. The van der Waals surface area contributed by atoms with Gasteiger partial charge in [0.25, 0.3) is 5.56 Å². The number of amides is 1. The molecule has 0 spiro atoms. The minimum Gasteiger partial charge on any atom is -0.383 e. The highest BCUT2D eigenvalue weighted by Crippen LogP contribution is 2.33. The third kappa shape index (κ3) is 4.43. The molecule has 0 saturated heterocycles. The highest BCUT2D eigenvalue weighted by atomic mass is 32.2. The van der Waals surface area contributed by atoms with Gasteiger partial charge in [0, 0.05) is 39.5 Å². The maximum Gasteiger partial charge on any atom is 0.265 e. The number of hydrogen-bond donors (Lipinski definition) is 0. The Bertz CT molecular complexity index is 1170. The predicted molar refractivity (Wildman–Crippen MR) is 123 cm³/mol. The molecular formula is C22H27N5O4S. The zero-order chi connectivity index (χ0) is 22.7. The van der Waals surface area contributed by atoms with Gasteiger partial charge in [-0.1, -0.05) is 23.9 Å². The van der Waals surface area contributed by atoms with Gasteiger partial charge in [-0.2, -0.15) is 5.10 Å². The van der Waals surface area contributed by atoms with Crippen molar-refractivity contribution in [2.24, 2.45) is 0 Å². The van der Waals surface area contributed by atoms with Crippen LogP contribution in [0, 0.1) is 6.92 Å². The van der Waals surface area contributed by atoms with Gasteiger partial charge in [-0.05, 0) is 24.6 Å². The number of aromatic nitrogens is 4.